The molecule has 116 valence electrons. The molecular weight excluding hydrogens is 303 g/mol. The van der Waals surface area contributed by atoms with Crippen molar-refractivity contribution in [3.63, 3.8) is 0 Å². The number of nitrogens with one attached hydrogen (secondary N) is 1. The van der Waals surface area contributed by atoms with Crippen molar-refractivity contribution in [2.24, 2.45) is 0 Å². The van der Waals surface area contributed by atoms with Crippen LogP contribution in [0.4, 0.5) is 10.1 Å². The fourth-order valence-electron chi connectivity index (χ4n) is 3.41. The van der Waals surface area contributed by atoms with Crippen LogP contribution in [0.2, 0.25) is 0 Å². The van der Waals surface area contributed by atoms with Gasteiger partial charge in [-0.05, 0) is 29.8 Å². The molecule has 0 bridgehead atoms. The highest BCUT2D eigenvalue weighted by Crippen LogP contribution is 2.40. The van der Waals surface area contributed by atoms with Gasteiger partial charge in [-0.15, -0.1) is 0 Å². The Bertz CT molecular complexity index is 1070. The molecule has 1 unspecified atom stereocenters. The lowest BCUT2D eigenvalue weighted by Crippen LogP contribution is -2.11. The molecule has 4 nitrogen and oxygen atoms in total. The molecule has 0 radical (unpaired) electrons. The van der Waals surface area contributed by atoms with E-state index in [1.54, 1.807) is 18.5 Å². The Morgan fingerprint density at radius 2 is 1.96 bits per heavy atom. The van der Waals surface area contributed by atoms with Crippen molar-refractivity contribution >= 4 is 11.2 Å². The number of hydrogen-bond donors (Lipinski definition) is 1. The van der Waals surface area contributed by atoms with Crippen LogP contribution >= 0.6 is 0 Å². The number of halogens is 1. The molecular formula is C19H13FN4. The molecule has 2 aromatic carbocycles. The average molecular weight is 316 g/mol. The quantitative estimate of drug-likeness (QED) is 0.576. The third-order valence-electron chi connectivity index (χ3n) is 4.46. The molecule has 0 saturated carbocycles. The minimum Gasteiger partial charge on any atom is -0.374 e. The third kappa shape index (κ3) is 1.84. The van der Waals surface area contributed by atoms with Gasteiger partial charge >= 0.3 is 0 Å². The van der Waals surface area contributed by atoms with E-state index in [0.29, 0.717) is 0 Å². The lowest BCUT2D eigenvalue weighted by atomic mass is 9.99. The molecule has 0 spiro atoms. The van der Waals surface area contributed by atoms with Gasteiger partial charge in [0.25, 0.3) is 0 Å². The second-order valence-electron chi connectivity index (χ2n) is 5.85. The maximum Gasteiger partial charge on any atom is 0.137 e. The molecule has 0 fully saturated rings. The van der Waals surface area contributed by atoms with E-state index in [9.17, 15) is 4.39 Å². The summed E-state index contributed by atoms with van der Waals surface area (Å²) >= 11 is 0. The number of hydrogen-bond acceptors (Lipinski definition) is 3. The van der Waals surface area contributed by atoms with Crippen molar-refractivity contribution in [3.8, 4) is 11.3 Å². The summed E-state index contributed by atoms with van der Waals surface area (Å²) in [5.74, 6) is -0.244. The number of anilines is 1. The zero-order valence-electron chi connectivity index (χ0n) is 12.6. The van der Waals surface area contributed by atoms with E-state index in [2.05, 4.69) is 15.4 Å². The predicted molar refractivity (Wildman–Crippen MR) is 90.3 cm³/mol. The van der Waals surface area contributed by atoms with Crippen LogP contribution in [0.15, 0.2) is 67.1 Å². The van der Waals surface area contributed by atoms with Crippen LogP contribution < -0.4 is 5.32 Å². The van der Waals surface area contributed by atoms with Crippen molar-refractivity contribution in [2.45, 2.75) is 6.04 Å². The molecule has 0 saturated heterocycles. The molecule has 0 amide bonds. The highest BCUT2D eigenvalue weighted by atomic mass is 19.1. The topological polar surface area (TPSA) is 42.2 Å². The first-order valence-electron chi connectivity index (χ1n) is 7.75. The largest absolute Gasteiger partial charge is 0.374 e. The summed E-state index contributed by atoms with van der Waals surface area (Å²) < 4.78 is 15.6. The molecule has 4 aromatic rings. The van der Waals surface area contributed by atoms with Crippen molar-refractivity contribution in [1.29, 1.82) is 0 Å². The van der Waals surface area contributed by atoms with E-state index < -0.39 is 0 Å². The molecule has 1 aliphatic rings. The Labute approximate surface area is 137 Å². The maximum absolute atomic E-state index is 13.8. The summed E-state index contributed by atoms with van der Waals surface area (Å²) in [7, 11) is 0. The first-order chi connectivity index (χ1) is 11.8. The van der Waals surface area contributed by atoms with Crippen molar-refractivity contribution in [3.05, 3.63) is 84.1 Å². The fourth-order valence-corrected chi connectivity index (χ4v) is 3.41. The van der Waals surface area contributed by atoms with E-state index in [0.717, 1.165) is 33.6 Å². The van der Waals surface area contributed by atoms with Gasteiger partial charge in [0.2, 0.25) is 0 Å². The van der Waals surface area contributed by atoms with Crippen LogP contribution in [-0.4, -0.2) is 14.6 Å². The molecule has 2 aromatic heterocycles. The molecule has 24 heavy (non-hydrogen) atoms. The van der Waals surface area contributed by atoms with Crippen molar-refractivity contribution in [1.82, 2.24) is 14.6 Å². The minimum absolute atomic E-state index is 0.168. The Hall–Kier alpha value is -3.21. The SMILES string of the molecule is Fc1cccc(C2Nc3ccccc3-c3ncnn4ccc2c34)c1. The second-order valence-corrected chi connectivity index (χ2v) is 5.85. The van der Waals surface area contributed by atoms with Gasteiger partial charge in [0, 0.05) is 23.0 Å². The monoisotopic (exact) mass is 316 g/mol. The standard InChI is InChI=1S/C19H13FN4/c20-13-5-3-4-12(10-13)17-15-8-9-24-19(15)18(21-11-22-24)14-6-1-2-7-16(14)23-17/h1-11,17,23H. The highest BCUT2D eigenvalue weighted by molar-refractivity contribution is 5.89. The Morgan fingerprint density at radius 1 is 1.04 bits per heavy atom. The Kier molecular flexibility index (Phi) is 2.70. The van der Waals surface area contributed by atoms with Gasteiger partial charge in [-0.1, -0.05) is 30.3 Å². The number of nitrogens with zero attached hydrogens (tertiary/aromatic N) is 3. The van der Waals surface area contributed by atoms with Crippen LogP contribution in [0.25, 0.3) is 16.8 Å². The van der Waals surface area contributed by atoms with E-state index in [1.807, 2.05) is 47.1 Å². The molecule has 5 heteroatoms. The van der Waals surface area contributed by atoms with E-state index in [4.69, 9.17) is 0 Å². The molecule has 5 rings (SSSR count). The summed E-state index contributed by atoms with van der Waals surface area (Å²) in [6, 6.07) is 16.6. The summed E-state index contributed by atoms with van der Waals surface area (Å²) in [4.78, 5) is 4.51. The van der Waals surface area contributed by atoms with E-state index >= 15 is 0 Å². The van der Waals surface area contributed by atoms with Crippen molar-refractivity contribution in [2.75, 3.05) is 5.32 Å². The lowest BCUT2D eigenvalue weighted by Gasteiger charge is -2.19. The molecule has 0 aliphatic carbocycles. The van der Waals surface area contributed by atoms with Crippen LogP contribution in [-0.2, 0) is 0 Å². The normalized spacial score (nSPS) is 15.6. The first-order valence-corrected chi connectivity index (χ1v) is 7.75. The highest BCUT2D eigenvalue weighted by Gasteiger charge is 2.26. The predicted octanol–water partition coefficient (Wildman–Crippen LogP) is 4.05. The lowest BCUT2D eigenvalue weighted by molar-refractivity contribution is 0.624. The number of benzene rings is 2. The zero-order valence-corrected chi connectivity index (χ0v) is 12.6. The fraction of sp³-hybridized carbons (Fsp3) is 0.0526. The van der Waals surface area contributed by atoms with Gasteiger partial charge in [-0.25, -0.2) is 13.9 Å². The summed E-state index contributed by atoms with van der Waals surface area (Å²) in [5, 5.41) is 7.86. The first kappa shape index (κ1) is 13.2. The van der Waals surface area contributed by atoms with Crippen LogP contribution in [0.1, 0.15) is 17.2 Å². The molecule has 1 N–H and O–H groups in total. The van der Waals surface area contributed by atoms with Crippen LogP contribution in [0.3, 0.4) is 0 Å². The summed E-state index contributed by atoms with van der Waals surface area (Å²) in [6.45, 7) is 0. The summed E-state index contributed by atoms with van der Waals surface area (Å²) in [6.07, 6.45) is 3.48. The number of aromatic nitrogens is 3. The van der Waals surface area contributed by atoms with Gasteiger partial charge in [0.05, 0.1) is 11.6 Å². The molecule has 1 aliphatic heterocycles. The Balaban J connectivity index is 1.85. The van der Waals surface area contributed by atoms with Gasteiger partial charge in [-0.2, -0.15) is 5.10 Å². The number of rotatable bonds is 1. The molecule has 1 atom stereocenters. The smallest absolute Gasteiger partial charge is 0.137 e. The van der Waals surface area contributed by atoms with Gasteiger partial charge in [0.1, 0.15) is 17.8 Å². The number of fused-ring (bicyclic) bond motifs is 2. The third-order valence-corrected chi connectivity index (χ3v) is 4.46. The molecule has 3 heterocycles. The van der Waals surface area contributed by atoms with Gasteiger partial charge in [-0.3, -0.25) is 0 Å². The van der Waals surface area contributed by atoms with Crippen LogP contribution in [0, 0.1) is 5.82 Å². The van der Waals surface area contributed by atoms with Gasteiger partial charge < -0.3 is 5.32 Å². The van der Waals surface area contributed by atoms with E-state index in [1.165, 1.54) is 6.07 Å². The Morgan fingerprint density at radius 3 is 2.88 bits per heavy atom. The maximum atomic E-state index is 13.8. The zero-order chi connectivity index (χ0) is 16.1. The van der Waals surface area contributed by atoms with E-state index in [-0.39, 0.29) is 11.9 Å². The minimum atomic E-state index is -0.244. The summed E-state index contributed by atoms with van der Waals surface area (Å²) in [5.41, 5.74) is 5.73. The number of para-hydroxylation sites is 1. The van der Waals surface area contributed by atoms with Crippen LogP contribution in [0.5, 0.6) is 0 Å². The average Bonchev–Trinajstić information content (AvgIpc) is 2.97. The van der Waals surface area contributed by atoms with Crippen molar-refractivity contribution < 1.29 is 4.39 Å². The second kappa shape index (κ2) is 4.89. The van der Waals surface area contributed by atoms with Gasteiger partial charge in [0.15, 0.2) is 0 Å².